The number of aryl methyl sites for hydroxylation is 1. The summed E-state index contributed by atoms with van der Waals surface area (Å²) in [5.41, 5.74) is 0.243. The van der Waals surface area contributed by atoms with E-state index in [-0.39, 0.29) is 18.5 Å². The second kappa shape index (κ2) is 3.14. The number of carbonyl (C=O) groups is 1. The van der Waals surface area contributed by atoms with Gasteiger partial charge in [0.25, 0.3) is 0 Å². The molecule has 1 heterocycles. The highest BCUT2D eigenvalue weighted by atomic mass is 19.1. The molecular formula is C6H7FN2O2. The molecule has 1 aromatic heterocycles. The number of aliphatic carboxylic acids is 1. The van der Waals surface area contributed by atoms with Crippen LogP contribution < -0.4 is 0 Å². The Morgan fingerprint density at radius 2 is 2.55 bits per heavy atom. The largest absolute Gasteiger partial charge is 0.481 e. The molecule has 0 aliphatic heterocycles. The molecule has 0 radical (unpaired) electrons. The number of nitrogens with zero attached hydrogens (tertiary/aromatic N) is 1. The van der Waals surface area contributed by atoms with Crippen LogP contribution in [0.3, 0.4) is 0 Å². The summed E-state index contributed by atoms with van der Waals surface area (Å²) in [5.74, 6) is -1.56. The second-order valence-electron chi connectivity index (χ2n) is 2.07. The summed E-state index contributed by atoms with van der Waals surface area (Å²) in [6.45, 7) is 0. The first kappa shape index (κ1) is 7.71. The third-order valence-electron chi connectivity index (χ3n) is 1.25. The van der Waals surface area contributed by atoms with E-state index in [0.717, 1.165) is 0 Å². The summed E-state index contributed by atoms with van der Waals surface area (Å²) in [6, 6.07) is 0. The zero-order valence-electron chi connectivity index (χ0n) is 5.67. The molecule has 0 fully saturated rings. The van der Waals surface area contributed by atoms with Gasteiger partial charge in [-0.3, -0.25) is 4.79 Å². The number of carboxylic acid groups (broad SMARTS) is 1. The molecule has 1 rings (SSSR count). The molecule has 0 amide bonds. The van der Waals surface area contributed by atoms with Gasteiger partial charge in [0.1, 0.15) is 0 Å². The van der Waals surface area contributed by atoms with Crippen molar-refractivity contribution in [2.24, 2.45) is 0 Å². The van der Waals surface area contributed by atoms with Gasteiger partial charge in [0, 0.05) is 6.42 Å². The van der Waals surface area contributed by atoms with Crippen molar-refractivity contribution in [2.45, 2.75) is 12.8 Å². The maximum atomic E-state index is 12.5. The highest BCUT2D eigenvalue weighted by Gasteiger charge is 2.05. The highest BCUT2D eigenvalue weighted by molar-refractivity contribution is 5.66. The van der Waals surface area contributed by atoms with Crippen molar-refractivity contribution in [1.82, 2.24) is 9.97 Å². The van der Waals surface area contributed by atoms with Gasteiger partial charge in [-0.2, -0.15) is 4.39 Å². The molecule has 0 aliphatic carbocycles. The van der Waals surface area contributed by atoms with Gasteiger partial charge in [0.05, 0.1) is 18.4 Å². The topological polar surface area (TPSA) is 66.0 Å². The summed E-state index contributed by atoms with van der Waals surface area (Å²) < 4.78 is 12.5. The predicted octanol–water partition coefficient (Wildman–Crippen LogP) is 0.566. The fourth-order valence-corrected chi connectivity index (χ4v) is 0.712. The van der Waals surface area contributed by atoms with E-state index in [0.29, 0.717) is 0 Å². The molecule has 5 heteroatoms. The standard InChI is InChI=1S/C6H7FN2O2/c7-6-4(8-3-9-6)1-2-5(10)11/h3H,1-2H2,(H,8,9)(H,10,11). The van der Waals surface area contributed by atoms with Crippen LogP contribution in [0.1, 0.15) is 12.1 Å². The number of hydrogen-bond donors (Lipinski definition) is 2. The zero-order chi connectivity index (χ0) is 8.27. The van der Waals surface area contributed by atoms with Gasteiger partial charge >= 0.3 is 5.97 Å². The number of hydrogen-bond acceptors (Lipinski definition) is 2. The van der Waals surface area contributed by atoms with Gasteiger partial charge < -0.3 is 10.1 Å². The Morgan fingerprint density at radius 1 is 1.82 bits per heavy atom. The number of rotatable bonds is 3. The van der Waals surface area contributed by atoms with Crippen LogP contribution in [0.2, 0.25) is 0 Å². The van der Waals surface area contributed by atoms with Gasteiger partial charge in [0.2, 0.25) is 5.95 Å². The Labute approximate surface area is 62.1 Å². The van der Waals surface area contributed by atoms with E-state index in [1.165, 1.54) is 6.33 Å². The first-order valence-corrected chi connectivity index (χ1v) is 3.09. The van der Waals surface area contributed by atoms with Crippen molar-refractivity contribution in [1.29, 1.82) is 0 Å². The molecule has 0 unspecified atom stereocenters. The highest BCUT2D eigenvalue weighted by Crippen LogP contribution is 2.02. The van der Waals surface area contributed by atoms with E-state index in [4.69, 9.17) is 5.11 Å². The van der Waals surface area contributed by atoms with Crippen LogP contribution in [0.5, 0.6) is 0 Å². The van der Waals surface area contributed by atoms with Crippen LogP contribution in [0.15, 0.2) is 6.33 Å². The SMILES string of the molecule is O=C(O)CCc1[nH]cnc1F. The number of H-pyrrole nitrogens is 1. The number of aromatic nitrogens is 2. The van der Waals surface area contributed by atoms with Crippen molar-refractivity contribution in [2.75, 3.05) is 0 Å². The van der Waals surface area contributed by atoms with Crippen molar-refractivity contribution < 1.29 is 14.3 Å². The van der Waals surface area contributed by atoms with Crippen LogP contribution in [0.4, 0.5) is 4.39 Å². The zero-order valence-corrected chi connectivity index (χ0v) is 5.67. The molecule has 0 spiro atoms. The first-order chi connectivity index (χ1) is 5.20. The predicted molar refractivity (Wildman–Crippen MR) is 34.5 cm³/mol. The second-order valence-corrected chi connectivity index (χ2v) is 2.07. The quantitative estimate of drug-likeness (QED) is 0.675. The lowest BCUT2D eigenvalue weighted by atomic mass is 10.2. The summed E-state index contributed by atoms with van der Waals surface area (Å²) in [7, 11) is 0. The minimum atomic E-state index is -0.945. The molecule has 0 saturated heterocycles. The monoisotopic (exact) mass is 158 g/mol. The fraction of sp³-hybridized carbons (Fsp3) is 0.333. The van der Waals surface area contributed by atoms with Gasteiger partial charge in [0.15, 0.2) is 0 Å². The molecule has 0 bridgehead atoms. The minimum Gasteiger partial charge on any atom is -0.481 e. The Bertz CT molecular complexity index is 259. The first-order valence-electron chi connectivity index (χ1n) is 3.09. The Hall–Kier alpha value is -1.39. The van der Waals surface area contributed by atoms with E-state index in [1.54, 1.807) is 0 Å². The number of aromatic amines is 1. The molecule has 2 N–H and O–H groups in total. The summed E-state index contributed by atoms with van der Waals surface area (Å²) in [4.78, 5) is 15.8. The summed E-state index contributed by atoms with van der Waals surface area (Å²) in [5, 5.41) is 8.25. The smallest absolute Gasteiger partial charge is 0.303 e. The molecule has 11 heavy (non-hydrogen) atoms. The Balaban J connectivity index is 2.51. The summed E-state index contributed by atoms with van der Waals surface area (Å²) in [6.07, 6.45) is 1.27. The molecule has 60 valence electrons. The lowest BCUT2D eigenvalue weighted by Crippen LogP contribution is -1.98. The maximum Gasteiger partial charge on any atom is 0.303 e. The Morgan fingerprint density at radius 3 is 3.00 bits per heavy atom. The van der Waals surface area contributed by atoms with E-state index in [2.05, 4.69) is 9.97 Å². The van der Waals surface area contributed by atoms with E-state index in [9.17, 15) is 9.18 Å². The third kappa shape index (κ3) is 2.03. The van der Waals surface area contributed by atoms with E-state index >= 15 is 0 Å². The lowest BCUT2D eigenvalue weighted by Gasteiger charge is -1.91. The van der Waals surface area contributed by atoms with Gasteiger partial charge in [-0.15, -0.1) is 0 Å². The summed E-state index contributed by atoms with van der Waals surface area (Å²) >= 11 is 0. The minimum absolute atomic E-state index is 0.0842. The average molecular weight is 158 g/mol. The molecule has 0 aromatic carbocycles. The molecule has 0 atom stereocenters. The van der Waals surface area contributed by atoms with Crippen molar-refractivity contribution in [3.63, 3.8) is 0 Å². The van der Waals surface area contributed by atoms with Crippen molar-refractivity contribution in [3.8, 4) is 0 Å². The average Bonchev–Trinajstić information content (AvgIpc) is 2.31. The van der Waals surface area contributed by atoms with Gasteiger partial charge in [-0.25, -0.2) is 4.98 Å². The van der Waals surface area contributed by atoms with E-state index in [1.807, 2.05) is 0 Å². The van der Waals surface area contributed by atoms with Crippen LogP contribution in [0, 0.1) is 5.95 Å². The van der Waals surface area contributed by atoms with Crippen LogP contribution in [-0.4, -0.2) is 21.0 Å². The molecule has 0 saturated carbocycles. The Kier molecular flexibility index (Phi) is 2.20. The number of imidazole rings is 1. The third-order valence-corrected chi connectivity index (χ3v) is 1.25. The fourth-order valence-electron chi connectivity index (χ4n) is 0.712. The number of nitrogens with one attached hydrogen (secondary N) is 1. The van der Waals surface area contributed by atoms with Gasteiger partial charge in [-0.1, -0.05) is 0 Å². The van der Waals surface area contributed by atoms with Crippen molar-refractivity contribution >= 4 is 5.97 Å². The van der Waals surface area contributed by atoms with Crippen molar-refractivity contribution in [3.05, 3.63) is 18.0 Å². The van der Waals surface area contributed by atoms with Crippen LogP contribution in [0.25, 0.3) is 0 Å². The number of halogens is 1. The molecule has 4 nitrogen and oxygen atoms in total. The molecular weight excluding hydrogens is 151 g/mol. The molecule has 1 aromatic rings. The lowest BCUT2D eigenvalue weighted by molar-refractivity contribution is -0.136. The van der Waals surface area contributed by atoms with Crippen LogP contribution in [-0.2, 0) is 11.2 Å². The van der Waals surface area contributed by atoms with Gasteiger partial charge in [-0.05, 0) is 0 Å². The van der Waals surface area contributed by atoms with E-state index < -0.39 is 11.9 Å². The maximum absolute atomic E-state index is 12.5. The molecule has 0 aliphatic rings. The normalized spacial score (nSPS) is 9.91. The number of carboxylic acids is 1. The van der Waals surface area contributed by atoms with Crippen LogP contribution >= 0.6 is 0 Å².